The summed E-state index contributed by atoms with van der Waals surface area (Å²) in [6.45, 7) is 1.60. The second kappa shape index (κ2) is 4.14. The fraction of sp³-hybridized carbons (Fsp3) is 0.667. The van der Waals surface area contributed by atoms with Crippen molar-refractivity contribution in [1.82, 2.24) is 9.97 Å². The summed E-state index contributed by atoms with van der Waals surface area (Å²) in [5.74, 6) is 2.79. The molecule has 3 N–H and O–H groups in total. The van der Waals surface area contributed by atoms with E-state index in [0.717, 1.165) is 31.0 Å². The normalized spacial score (nSPS) is 25.0. The third-order valence-electron chi connectivity index (χ3n) is 3.41. The van der Waals surface area contributed by atoms with Crippen LogP contribution in [0, 0.1) is 0 Å². The van der Waals surface area contributed by atoms with Crippen LogP contribution in [-0.2, 0) is 0 Å². The van der Waals surface area contributed by atoms with Crippen molar-refractivity contribution in [1.29, 1.82) is 0 Å². The van der Waals surface area contributed by atoms with E-state index >= 15 is 0 Å². The summed E-state index contributed by atoms with van der Waals surface area (Å²) in [6.07, 6.45) is 3.98. The number of hydrogen-bond acceptors (Lipinski definition) is 5. The van der Waals surface area contributed by atoms with Crippen LogP contribution in [-0.4, -0.2) is 34.3 Å². The Kier molecular flexibility index (Phi) is 2.63. The Morgan fingerprint density at radius 1 is 1.29 bits per heavy atom. The molecule has 1 aliphatic heterocycles. The predicted octanol–water partition coefficient (Wildman–Crippen LogP) is 0.897. The summed E-state index contributed by atoms with van der Waals surface area (Å²) in [7, 11) is 0. The molecule has 5 heteroatoms. The highest BCUT2D eigenvalue weighted by molar-refractivity contribution is 5.48. The zero-order chi connectivity index (χ0) is 11.8. The molecule has 2 heterocycles. The maximum Gasteiger partial charge on any atom is 0.136 e. The van der Waals surface area contributed by atoms with Gasteiger partial charge in [-0.15, -0.1) is 0 Å². The molecule has 92 valence electrons. The van der Waals surface area contributed by atoms with Gasteiger partial charge < -0.3 is 15.7 Å². The molecule has 1 aliphatic carbocycles. The summed E-state index contributed by atoms with van der Waals surface area (Å²) < 4.78 is 0. The third-order valence-corrected chi connectivity index (χ3v) is 3.41. The molecule has 1 atom stereocenters. The number of β-amino-alcohol motifs (C(OH)–C–C–N with tert-alkyl or cyclic N) is 1. The number of aliphatic hydroxyl groups is 1. The van der Waals surface area contributed by atoms with Gasteiger partial charge in [-0.1, -0.05) is 0 Å². The first-order chi connectivity index (χ1) is 8.22. The molecule has 0 unspecified atom stereocenters. The number of piperidine rings is 1. The highest BCUT2D eigenvalue weighted by Gasteiger charge is 2.28. The van der Waals surface area contributed by atoms with Crippen molar-refractivity contribution >= 4 is 11.6 Å². The highest BCUT2D eigenvalue weighted by Crippen LogP contribution is 2.39. The van der Waals surface area contributed by atoms with E-state index in [1.54, 1.807) is 0 Å². The molecule has 0 amide bonds. The smallest absolute Gasteiger partial charge is 0.136 e. The van der Waals surface area contributed by atoms with Crippen LogP contribution in [0.5, 0.6) is 0 Å². The van der Waals surface area contributed by atoms with Gasteiger partial charge in [0.25, 0.3) is 0 Å². The van der Waals surface area contributed by atoms with Gasteiger partial charge in [-0.05, 0) is 25.7 Å². The van der Waals surface area contributed by atoms with Crippen molar-refractivity contribution in [2.24, 2.45) is 0 Å². The Hall–Kier alpha value is -1.36. The van der Waals surface area contributed by atoms with Gasteiger partial charge in [0.15, 0.2) is 0 Å². The molecule has 0 radical (unpaired) electrons. The number of aromatic nitrogens is 2. The van der Waals surface area contributed by atoms with Crippen LogP contribution in [0.15, 0.2) is 6.07 Å². The number of anilines is 2. The lowest BCUT2D eigenvalue weighted by atomic mass is 10.1. The van der Waals surface area contributed by atoms with Gasteiger partial charge in [0, 0.05) is 25.1 Å². The molecule has 2 aliphatic rings. The van der Waals surface area contributed by atoms with Crippen LogP contribution >= 0.6 is 0 Å². The molecule has 1 aromatic heterocycles. The SMILES string of the molecule is Nc1cc(N2CCC[C@H](O)C2)nc(C2CC2)n1. The zero-order valence-corrected chi connectivity index (χ0v) is 9.84. The van der Waals surface area contributed by atoms with Crippen LogP contribution in [0.4, 0.5) is 11.6 Å². The average Bonchev–Trinajstić information content (AvgIpc) is 3.12. The topological polar surface area (TPSA) is 75.3 Å². The van der Waals surface area contributed by atoms with E-state index in [0.29, 0.717) is 18.3 Å². The van der Waals surface area contributed by atoms with Crippen LogP contribution in [0.2, 0.25) is 0 Å². The molecule has 0 aromatic carbocycles. The number of aliphatic hydroxyl groups excluding tert-OH is 1. The van der Waals surface area contributed by atoms with Crippen LogP contribution in [0.3, 0.4) is 0 Å². The van der Waals surface area contributed by atoms with Crippen molar-refractivity contribution in [3.8, 4) is 0 Å². The first-order valence-corrected chi connectivity index (χ1v) is 6.30. The van der Waals surface area contributed by atoms with Crippen LogP contribution in [0.25, 0.3) is 0 Å². The minimum absolute atomic E-state index is 0.246. The molecule has 0 bridgehead atoms. The molecule has 5 nitrogen and oxygen atoms in total. The third kappa shape index (κ3) is 2.34. The zero-order valence-electron chi connectivity index (χ0n) is 9.84. The second-order valence-corrected chi connectivity index (χ2v) is 5.03. The van der Waals surface area contributed by atoms with Crippen molar-refractivity contribution in [2.45, 2.75) is 37.7 Å². The Labute approximate surface area is 101 Å². The monoisotopic (exact) mass is 234 g/mol. The first-order valence-electron chi connectivity index (χ1n) is 6.30. The van der Waals surface area contributed by atoms with Gasteiger partial charge in [0.1, 0.15) is 17.5 Å². The first kappa shape index (κ1) is 10.8. The van der Waals surface area contributed by atoms with Gasteiger partial charge in [0.2, 0.25) is 0 Å². The summed E-state index contributed by atoms with van der Waals surface area (Å²) >= 11 is 0. The number of hydrogen-bond donors (Lipinski definition) is 2. The minimum atomic E-state index is -0.246. The van der Waals surface area contributed by atoms with Crippen LogP contribution in [0.1, 0.15) is 37.4 Å². The average molecular weight is 234 g/mol. The lowest BCUT2D eigenvalue weighted by Crippen LogP contribution is -2.38. The standard InChI is InChI=1S/C12H18N4O/c13-10-6-11(15-12(14-10)8-3-4-8)16-5-1-2-9(17)7-16/h6,8-9,17H,1-5,7H2,(H2,13,14,15)/t9-/m0/s1. The summed E-state index contributed by atoms with van der Waals surface area (Å²) in [6, 6.07) is 1.81. The van der Waals surface area contributed by atoms with Crippen LogP contribution < -0.4 is 10.6 Å². The maximum absolute atomic E-state index is 9.68. The summed E-state index contributed by atoms with van der Waals surface area (Å²) in [4.78, 5) is 11.0. The molecule has 2 fully saturated rings. The van der Waals surface area contributed by atoms with Crippen molar-refractivity contribution in [3.05, 3.63) is 11.9 Å². The highest BCUT2D eigenvalue weighted by atomic mass is 16.3. The lowest BCUT2D eigenvalue weighted by Gasteiger charge is -2.31. The molecule has 1 saturated carbocycles. The van der Waals surface area contributed by atoms with E-state index in [1.165, 1.54) is 12.8 Å². The molecule has 0 spiro atoms. The fourth-order valence-corrected chi connectivity index (χ4v) is 2.32. The van der Waals surface area contributed by atoms with Gasteiger partial charge in [0.05, 0.1) is 6.10 Å². The van der Waals surface area contributed by atoms with E-state index in [9.17, 15) is 5.11 Å². The van der Waals surface area contributed by atoms with Gasteiger partial charge in [-0.25, -0.2) is 9.97 Å². The van der Waals surface area contributed by atoms with Gasteiger partial charge in [-0.3, -0.25) is 0 Å². The quantitative estimate of drug-likeness (QED) is 0.795. The molecular formula is C12H18N4O. The Morgan fingerprint density at radius 3 is 2.82 bits per heavy atom. The number of nitrogens with two attached hydrogens (primary N) is 1. The van der Waals surface area contributed by atoms with Gasteiger partial charge >= 0.3 is 0 Å². The van der Waals surface area contributed by atoms with E-state index in [1.807, 2.05) is 6.07 Å². The number of nitrogen functional groups attached to an aromatic ring is 1. The Morgan fingerprint density at radius 2 is 2.12 bits per heavy atom. The van der Waals surface area contributed by atoms with E-state index in [4.69, 9.17) is 5.73 Å². The second-order valence-electron chi connectivity index (χ2n) is 5.03. The van der Waals surface area contributed by atoms with E-state index < -0.39 is 0 Å². The van der Waals surface area contributed by atoms with Crippen molar-refractivity contribution < 1.29 is 5.11 Å². The van der Waals surface area contributed by atoms with E-state index in [-0.39, 0.29) is 6.10 Å². The Balaban J connectivity index is 1.85. The fourth-order valence-electron chi connectivity index (χ4n) is 2.32. The van der Waals surface area contributed by atoms with Crippen molar-refractivity contribution in [3.63, 3.8) is 0 Å². The molecule has 17 heavy (non-hydrogen) atoms. The molecule has 1 saturated heterocycles. The lowest BCUT2D eigenvalue weighted by molar-refractivity contribution is 0.154. The van der Waals surface area contributed by atoms with Gasteiger partial charge in [-0.2, -0.15) is 0 Å². The summed E-state index contributed by atoms with van der Waals surface area (Å²) in [5, 5.41) is 9.68. The molecule has 1 aromatic rings. The Bertz CT molecular complexity index is 419. The largest absolute Gasteiger partial charge is 0.391 e. The predicted molar refractivity (Wildman–Crippen MR) is 65.9 cm³/mol. The molecule has 3 rings (SSSR count). The van der Waals surface area contributed by atoms with E-state index in [2.05, 4.69) is 14.9 Å². The molecular weight excluding hydrogens is 216 g/mol. The number of rotatable bonds is 2. The minimum Gasteiger partial charge on any atom is -0.391 e. The maximum atomic E-state index is 9.68. The number of nitrogens with zero attached hydrogens (tertiary/aromatic N) is 3. The van der Waals surface area contributed by atoms with Crippen molar-refractivity contribution in [2.75, 3.05) is 23.7 Å². The summed E-state index contributed by atoms with van der Waals surface area (Å²) in [5.41, 5.74) is 5.83.